The minimum Gasteiger partial charge on any atom is -0.405 e. The number of halogens is 4. The topological polar surface area (TPSA) is 62.3 Å². The molecule has 0 atom stereocenters. The molecule has 1 heterocycles. The van der Waals surface area contributed by atoms with Crippen molar-refractivity contribution in [1.29, 1.82) is 0 Å². The van der Waals surface area contributed by atoms with Gasteiger partial charge in [-0.25, -0.2) is 4.98 Å². The van der Waals surface area contributed by atoms with Crippen molar-refractivity contribution in [2.45, 2.75) is 63.4 Å². The molecule has 1 aliphatic carbocycles. The van der Waals surface area contributed by atoms with Crippen LogP contribution in [0.2, 0.25) is 0 Å². The Bertz CT molecular complexity index is 1180. The molecule has 37 heavy (non-hydrogen) atoms. The Morgan fingerprint density at radius 1 is 1.00 bits per heavy atom. The maximum atomic E-state index is 12.7. The predicted octanol–water partition coefficient (Wildman–Crippen LogP) is 6.69. The first-order chi connectivity index (χ1) is 17.7. The minimum absolute atomic E-state index is 0.131. The van der Waals surface area contributed by atoms with Crippen LogP contribution in [0, 0.1) is 0 Å². The highest BCUT2D eigenvalue weighted by atomic mass is 79.9. The number of benzene rings is 2. The number of hydrogen-bond donors (Lipinski definition) is 2. The predicted molar refractivity (Wildman–Crippen MR) is 145 cm³/mol. The number of nitrogens with zero attached hydrogens (tertiary/aromatic N) is 3. The van der Waals surface area contributed by atoms with Crippen molar-refractivity contribution in [2.75, 3.05) is 30.9 Å². The smallest absolute Gasteiger partial charge is 0.405 e. The minimum atomic E-state index is -4.69. The number of para-hydroxylation sites is 1. The van der Waals surface area contributed by atoms with Gasteiger partial charge in [0.05, 0.1) is 5.52 Å². The molecule has 6 nitrogen and oxygen atoms in total. The average molecular weight is 580 g/mol. The monoisotopic (exact) mass is 579 g/mol. The molecule has 4 rings (SSSR count). The number of rotatable bonds is 10. The van der Waals surface area contributed by atoms with Crippen LogP contribution in [0.15, 0.2) is 46.9 Å². The molecule has 0 radical (unpaired) electrons. The largest absolute Gasteiger partial charge is 0.573 e. The van der Waals surface area contributed by atoms with Gasteiger partial charge in [0.1, 0.15) is 11.6 Å². The summed E-state index contributed by atoms with van der Waals surface area (Å²) in [5.41, 5.74) is 1.50. The number of anilines is 2. The summed E-state index contributed by atoms with van der Waals surface area (Å²) in [6.45, 7) is 0.842. The third-order valence-corrected chi connectivity index (χ3v) is 7.12. The van der Waals surface area contributed by atoms with Crippen LogP contribution in [0.25, 0.3) is 10.9 Å². The summed E-state index contributed by atoms with van der Waals surface area (Å²) in [4.78, 5) is 11.5. The van der Waals surface area contributed by atoms with E-state index in [0.29, 0.717) is 34.5 Å². The first-order valence-corrected chi connectivity index (χ1v) is 13.5. The Balaban J connectivity index is 1.20. The molecule has 0 unspecified atom stereocenters. The van der Waals surface area contributed by atoms with Crippen LogP contribution in [0.3, 0.4) is 0 Å². The van der Waals surface area contributed by atoms with Crippen molar-refractivity contribution < 1.29 is 17.9 Å². The van der Waals surface area contributed by atoms with Crippen molar-refractivity contribution in [3.05, 3.63) is 52.5 Å². The van der Waals surface area contributed by atoms with Gasteiger partial charge in [-0.2, -0.15) is 4.98 Å². The lowest BCUT2D eigenvalue weighted by molar-refractivity contribution is -0.274. The molecule has 1 aliphatic rings. The second-order valence-electron chi connectivity index (χ2n) is 9.69. The summed E-state index contributed by atoms with van der Waals surface area (Å²) in [5, 5.41) is 8.19. The third kappa shape index (κ3) is 7.95. The van der Waals surface area contributed by atoms with E-state index in [0.717, 1.165) is 61.8 Å². The van der Waals surface area contributed by atoms with E-state index in [-0.39, 0.29) is 5.75 Å². The van der Waals surface area contributed by atoms with Crippen LogP contribution in [-0.2, 0) is 6.42 Å². The summed E-state index contributed by atoms with van der Waals surface area (Å²) in [6.07, 6.45) is 1.69. The van der Waals surface area contributed by atoms with Gasteiger partial charge in [0.2, 0.25) is 5.95 Å². The van der Waals surface area contributed by atoms with Gasteiger partial charge in [-0.3, -0.25) is 0 Å². The zero-order valence-corrected chi connectivity index (χ0v) is 22.7. The van der Waals surface area contributed by atoms with Crippen LogP contribution in [0.5, 0.6) is 5.75 Å². The van der Waals surface area contributed by atoms with Gasteiger partial charge in [-0.1, -0.05) is 34.1 Å². The number of aryl methyl sites for hydroxylation is 1. The lowest BCUT2D eigenvalue weighted by Gasteiger charge is -2.30. The number of ether oxygens (including phenoxy) is 1. The first-order valence-electron chi connectivity index (χ1n) is 12.7. The summed E-state index contributed by atoms with van der Waals surface area (Å²) in [5.74, 6) is 1.44. The number of hydrogen-bond acceptors (Lipinski definition) is 6. The Hall–Kier alpha value is -2.59. The lowest BCUT2D eigenvalue weighted by atomic mass is 9.91. The summed E-state index contributed by atoms with van der Waals surface area (Å²) in [6, 6.07) is 13.6. The summed E-state index contributed by atoms with van der Waals surface area (Å²) < 4.78 is 42.9. The number of alkyl halides is 3. The van der Waals surface area contributed by atoms with Crippen LogP contribution in [-0.4, -0.2) is 49.1 Å². The van der Waals surface area contributed by atoms with Crippen LogP contribution < -0.4 is 20.3 Å². The molecule has 0 spiro atoms. The van der Waals surface area contributed by atoms with Crippen molar-refractivity contribution >= 4 is 38.6 Å². The van der Waals surface area contributed by atoms with Crippen LogP contribution in [0.1, 0.15) is 44.1 Å². The SMILES string of the molecule is CN(C)c1nc(N[C@H]2CC[C@@H](NCCCCc3ccc(Br)cc3OC(F)(F)F)CC2)nc2ccccc12. The molecule has 0 bridgehead atoms. The standard InChI is InChI=1S/C27H33BrF3N5O/c1-36(2)25-22-8-3-4-9-23(22)34-26(35-25)33-21-14-12-20(13-15-21)32-16-6-5-7-18-10-11-19(28)17-24(18)37-27(29,30)31/h3-4,8-11,17,20-21,32H,5-7,12-16H2,1-2H3,(H,33,34,35)/t20-,21+. The van der Waals surface area contributed by atoms with Crippen LogP contribution in [0.4, 0.5) is 24.9 Å². The van der Waals surface area contributed by atoms with Gasteiger partial charge in [-0.15, -0.1) is 13.2 Å². The maximum Gasteiger partial charge on any atom is 0.573 e. The molecule has 200 valence electrons. The fourth-order valence-electron chi connectivity index (χ4n) is 4.79. The number of unbranched alkanes of at least 4 members (excludes halogenated alkanes) is 1. The van der Waals surface area contributed by atoms with Crippen molar-refractivity contribution in [1.82, 2.24) is 15.3 Å². The second-order valence-corrected chi connectivity index (χ2v) is 10.6. The number of fused-ring (bicyclic) bond motifs is 1. The molecule has 2 N–H and O–H groups in total. The van der Waals surface area contributed by atoms with Gasteiger partial charge in [0.15, 0.2) is 0 Å². The summed E-state index contributed by atoms with van der Waals surface area (Å²) in [7, 11) is 3.98. The molecule has 0 amide bonds. The zero-order chi connectivity index (χ0) is 26.4. The highest BCUT2D eigenvalue weighted by molar-refractivity contribution is 9.10. The normalized spacial score (nSPS) is 18.1. The molecule has 1 aromatic heterocycles. The Kier molecular flexibility index (Phi) is 9.13. The van der Waals surface area contributed by atoms with Crippen LogP contribution >= 0.6 is 15.9 Å². The van der Waals surface area contributed by atoms with Gasteiger partial charge < -0.3 is 20.3 Å². The van der Waals surface area contributed by atoms with E-state index in [1.807, 2.05) is 43.3 Å². The molecule has 1 fully saturated rings. The zero-order valence-electron chi connectivity index (χ0n) is 21.1. The quantitative estimate of drug-likeness (QED) is 0.261. The average Bonchev–Trinajstić information content (AvgIpc) is 2.84. The Morgan fingerprint density at radius 2 is 1.73 bits per heavy atom. The van der Waals surface area contributed by atoms with Gasteiger partial charge in [0.25, 0.3) is 0 Å². The van der Waals surface area contributed by atoms with Gasteiger partial charge in [-0.05, 0) is 81.3 Å². The van der Waals surface area contributed by atoms with E-state index < -0.39 is 6.36 Å². The second kappa shape index (κ2) is 12.3. The Labute approximate surface area is 224 Å². The fourth-order valence-corrected chi connectivity index (χ4v) is 5.13. The molecule has 0 aliphatic heterocycles. The molecule has 1 saturated carbocycles. The van der Waals surface area contributed by atoms with Crippen molar-refractivity contribution in [3.63, 3.8) is 0 Å². The van der Waals surface area contributed by atoms with E-state index in [2.05, 4.69) is 31.3 Å². The lowest BCUT2D eigenvalue weighted by Crippen LogP contribution is -2.37. The van der Waals surface area contributed by atoms with Gasteiger partial charge >= 0.3 is 6.36 Å². The van der Waals surface area contributed by atoms with Crippen molar-refractivity contribution in [2.24, 2.45) is 0 Å². The molecule has 3 aromatic rings. The van der Waals surface area contributed by atoms with E-state index in [4.69, 9.17) is 9.97 Å². The maximum absolute atomic E-state index is 12.7. The first kappa shape index (κ1) is 27.4. The molecule has 10 heteroatoms. The highest BCUT2D eigenvalue weighted by Crippen LogP contribution is 2.31. The van der Waals surface area contributed by atoms with Crippen molar-refractivity contribution in [3.8, 4) is 5.75 Å². The number of aromatic nitrogens is 2. The van der Waals surface area contributed by atoms with E-state index >= 15 is 0 Å². The van der Waals surface area contributed by atoms with E-state index in [1.54, 1.807) is 12.1 Å². The number of nitrogens with one attached hydrogen (secondary N) is 2. The molecule has 2 aromatic carbocycles. The summed E-state index contributed by atoms with van der Waals surface area (Å²) >= 11 is 3.21. The molecular formula is C27H33BrF3N5O. The Morgan fingerprint density at radius 3 is 2.46 bits per heavy atom. The molecular weight excluding hydrogens is 547 g/mol. The van der Waals surface area contributed by atoms with Gasteiger partial charge in [0, 0.05) is 36.0 Å². The van der Waals surface area contributed by atoms with E-state index in [9.17, 15) is 13.2 Å². The third-order valence-electron chi connectivity index (χ3n) is 6.63. The fraction of sp³-hybridized carbons (Fsp3) is 0.481. The highest BCUT2D eigenvalue weighted by Gasteiger charge is 2.32. The van der Waals surface area contributed by atoms with E-state index in [1.165, 1.54) is 6.07 Å². The molecule has 0 saturated heterocycles.